The van der Waals surface area contributed by atoms with Gasteiger partial charge in [-0.1, -0.05) is 42.8 Å². The molecule has 0 fully saturated rings. The maximum Gasteiger partial charge on any atom is 0.437 e. The summed E-state index contributed by atoms with van der Waals surface area (Å²) in [4.78, 5) is 13.3. The lowest BCUT2D eigenvalue weighted by atomic mass is 9.70. The highest BCUT2D eigenvalue weighted by Gasteiger charge is 2.66. The van der Waals surface area contributed by atoms with Crippen molar-refractivity contribution in [2.24, 2.45) is 5.92 Å². The monoisotopic (exact) mass is 472 g/mol. The van der Waals surface area contributed by atoms with Crippen molar-refractivity contribution in [1.29, 1.82) is 5.26 Å². The van der Waals surface area contributed by atoms with Gasteiger partial charge in [-0.15, -0.1) is 23.1 Å². The molecular formula is C20H16ClF3N2O2S2. The molecule has 1 aliphatic heterocycles. The van der Waals surface area contributed by atoms with Crippen LogP contribution >= 0.6 is 34.7 Å². The number of nitrogens with one attached hydrogen (secondary N) is 1. The summed E-state index contributed by atoms with van der Waals surface area (Å²) in [6.07, 6.45) is -5.20. The van der Waals surface area contributed by atoms with E-state index in [-0.39, 0.29) is 26.1 Å². The Bertz CT molecular complexity index is 1020. The summed E-state index contributed by atoms with van der Waals surface area (Å²) < 4.78 is 42.6. The lowest BCUT2D eigenvalue weighted by Crippen LogP contribution is -2.66. The van der Waals surface area contributed by atoms with Crippen molar-refractivity contribution in [2.75, 3.05) is 5.75 Å². The number of benzene rings is 1. The molecule has 1 aliphatic rings. The fourth-order valence-electron chi connectivity index (χ4n) is 3.47. The van der Waals surface area contributed by atoms with Gasteiger partial charge in [0, 0.05) is 10.9 Å². The van der Waals surface area contributed by atoms with E-state index in [9.17, 15) is 28.3 Å². The number of thiophene rings is 1. The zero-order valence-corrected chi connectivity index (χ0v) is 17.9. The average molecular weight is 473 g/mol. The van der Waals surface area contributed by atoms with Gasteiger partial charge in [0.1, 0.15) is 0 Å². The van der Waals surface area contributed by atoms with Crippen molar-refractivity contribution >= 4 is 40.5 Å². The summed E-state index contributed by atoms with van der Waals surface area (Å²) in [6.45, 7) is 1.70. The molecule has 1 aromatic heterocycles. The van der Waals surface area contributed by atoms with Gasteiger partial charge in [0.05, 0.1) is 27.5 Å². The number of carbonyl (C=O) groups excluding carboxylic acids is 1. The number of thioether (sulfide) groups is 1. The van der Waals surface area contributed by atoms with E-state index < -0.39 is 29.5 Å². The Morgan fingerprint density at radius 2 is 2.07 bits per heavy atom. The maximum atomic E-state index is 14.2. The van der Waals surface area contributed by atoms with Crippen LogP contribution < -0.4 is 5.32 Å². The second kappa shape index (κ2) is 8.63. The summed E-state index contributed by atoms with van der Waals surface area (Å²) in [7, 11) is 0. The Morgan fingerprint density at radius 1 is 1.37 bits per heavy atom. The van der Waals surface area contributed by atoms with E-state index >= 15 is 0 Å². The first-order chi connectivity index (χ1) is 14.2. The van der Waals surface area contributed by atoms with Gasteiger partial charge in [-0.3, -0.25) is 4.79 Å². The summed E-state index contributed by atoms with van der Waals surface area (Å²) in [6, 6.07) is 11.0. The molecule has 2 N–H and O–H groups in total. The number of Topliss-reactive ketones (excluding diaryl/α,β-unsaturated/α-hetero) is 1. The highest BCUT2D eigenvalue weighted by Crippen LogP contribution is 2.52. The number of alkyl halides is 3. The van der Waals surface area contributed by atoms with Gasteiger partial charge in [-0.25, -0.2) is 0 Å². The van der Waals surface area contributed by atoms with Crippen LogP contribution in [0.4, 0.5) is 13.2 Å². The Hall–Kier alpha value is -1.99. The van der Waals surface area contributed by atoms with E-state index in [1.165, 1.54) is 24.3 Å². The largest absolute Gasteiger partial charge is 0.437 e. The van der Waals surface area contributed by atoms with Crippen molar-refractivity contribution in [1.82, 2.24) is 5.32 Å². The number of hydrogen-bond acceptors (Lipinski definition) is 6. The summed E-state index contributed by atoms with van der Waals surface area (Å²) >= 11 is 8.19. The number of nitrogens with zero attached hydrogens (tertiary/aromatic N) is 1. The minimum Gasteiger partial charge on any atom is -0.363 e. The van der Waals surface area contributed by atoms with Gasteiger partial charge in [0.15, 0.2) is 5.78 Å². The predicted octanol–water partition coefficient (Wildman–Crippen LogP) is 5.33. The third-order valence-corrected chi connectivity index (χ3v) is 6.90. The molecule has 0 saturated carbocycles. The zero-order valence-electron chi connectivity index (χ0n) is 15.5. The smallest absolute Gasteiger partial charge is 0.363 e. The fourth-order valence-corrected chi connectivity index (χ4v) is 5.27. The molecule has 0 saturated heterocycles. The van der Waals surface area contributed by atoms with Crippen LogP contribution in [0.25, 0.3) is 0 Å². The molecule has 0 bridgehead atoms. The van der Waals surface area contributed by atoms with Crippen molar-refractivity contribution in [3.63, 3.8) is 0 Å². The van der Waals surface area contributed by atoms with Crippen LogP contribution in [0, 0.1) is 17.2 Å². The van der Waals surface area contributed by atoms with Crippen LogP contribution in [0.15, 0.2) is 52.4 Å². The molecule has 3 rings (SSSR count). The third-order valence-electron chi connectivity index (χ3n) is 4.77. The van der Waals surface area contributed by atoms with E-state index in [4.69, 9.17) is 11.6 Å². The molecule has 0 radical (unpaired) electrons. The van der Waals surface area contributed by atoms with E-state index in [0.29, 0.717) is 5.75 Å². The molecule has 10 heteroatoms. The highest BCUT2D eigenvalue weighted by atomic mass is 35.5. The second-order valence-corrected chi connectivity index (χ2v) is 9.12. The SMILES string of the molecule is CCSC1=C(C#N)[C@@H](c2ccccc2Cl)[C@@H](C(=O)c2cccs2)[C@@](O)(C(F)(F)F)N1. The van der Waals surface area contributed by atoms with E-state index in [0.717, 1.165) is 23.1 Å². The number of hydrogen-bond donors (Lipinski definition) is 2. The van der Waals surface area contributed by atoms with Crippen molar-refractivity contribution in [2.45, 2.75) is 24.7 Å². The van der Waals surface area contributed by atoms with Crippen LogP contribution in [-0.2, 0) is 0 Å². The molecule has 30 heavy (non-hydrogen) atoms. The summed E-state index contributed by atoms with van der Waals surface area (Å²) in [5, 5.41) is 24.4. The number of nitriles is 1. The van der Waals surface area contributed by atoms with Gasteiger partial charge in [0.25, 0.3) is 0 Å². The molecule has 2 heterocycles. The van der Waals surface area contributed by atoms with Gasteiger partial charge < -0.3 is 10.4 Å². The molecular weight excluding hydrogens is 457 g/mol. The molecule has 2 aromatic rings. The number of aliphatic hydroxyl groups is 1. The minimum atomic E-state index is -5.20. The van der Waals surface area contributed by atoms with Gasteiger partial charge in [-0.05, 0) is 28.8 Å². The fraction of sp³-hybridized carbons (Fsp3) is 0.300. The van der Waals surface area contributed by atoms with Crippen LogP contribution in [0.3, 0.4) is 0 Å². The second-order valence-electron chi connectivity index (χ2n) is 6.50. The summed E-state index contributed by atoms with van der Waals surface area (Å²) in [5.74, 6) is -4.01. The Balaban J connectivity index is 2.35. The predicted molar refractivity (Wildman–Crippen MR) is 111 cm³/mol. The lowest BCUT2D eigenvalue weighted by Gasteiger charge is -2.45. The first-order valence-corrected chi connectivity index (χ1v) is 11.1. The normalized spacial score (nSPS) is 24.3. The quantitative estimate of drug-likeness (QED) is 0.576. The highest BCUT2D eigenvalue weighted by molar-refractivity contribution is 8.03. The molecule has 0 unspecified atom stereocenters. The molecule has 0 aliphatic carbocycles. The third kappa shape index (κ3) is 3.85. The molecule has 1 aromatic carbocycles. The topological polar surface area (TPSA) is 73.1 Å². The standard InChI is InChI=1S/C20H16ClF3N2O2S2/c1-2-29-18-12(10-25)15(11-6-3-4-7-13(11)21)16(17(27)14-8-5-9-30-14)19(28,26-18)20(22,23)24/h3-9,15-16,26,28H,2H2,1H3/t15-,16+,19-/m1/s1. The van der Waals surface area contributed by atoms with Gasteiger partial charge in [0.2, 0.25) is 5.72 Å². The minimum absolute atomic E-state index is 0.0467. The Morgan fingerprint density at radius 3 is 2.60 bits per heavy atom. The maximum absolute atomic E-state index is 14.2. The zero-order chi connectivity index (χ0) is 22.1. The van der Waals surface area contributed by atoms with Crippen molar-refractivity contribution < 1.29 is 23.1 Å². The van der Waals surface area contributed by atoms with E-state index in [2.05, 4.69) is 5.32 Å². The van der Waals surface area contributed by atoms with Crippen LogP contribution in [0.2, 0.25) is 5.02 Å². The molecule has 3 atom stereocenters. The van der Waals surface area contributed by atoms with Crippen molar-refractivity contribution in [3.8, 4) is 6.07 Å². The average Bonchev–Trinajstić information content (AvgIpc) is 3.22. The van der Waals surface area contributed by atoms with E-state index in [1.54, 1.807) is 24.4 Å². The molecule has 0 spiro atoms. The Kier molecular flexibility index (Phi) is 6.53. The first-order valence-electron chi connectivity index (χ1n) is 8.82. The van der Waals surface area contributed by atoms with Gasteiger partial charge in [-0.2, -0.15) is 18.4 Å². The van der Waals surface area contributed by atoms with E-state index in [1.807, 2.05) is 6.07 Å². The summed E-state index contributed by atoms with van der Waals surface area (Å²) in [5.41, 5.74) is -3.49. The molecule has 158 valence electrons. The molecule has 4 nitrogen and oxygen atoms in total. The van der Waals surface area contributed by atoms with Gasteiger partial charge >= 0.3 is 6.18 Å². The lowest BCUT2D eigenvalue weighted by molar-refractivity contribution is -0.285. The number of carbonyl (C=O) groups is 1. The number of allylic oxidation sites excluding steroid dienone is 1. The first kappa shape index (κ1) is 22.7. The van der Waals surface area contributed by atoms with Crippen LogP contribution in [0.1, 0.15) is 28.1 Å². The van der Waals surface area contributed by atoms with Crippen LogP contribution in [-0.4, -0.2) is 28.5 Å². The van der Waals surface area contributed by atoms with Crippen molar-refractivity contribution in [3.05, 3.63) is 67.8 Å². The molecule has 0 amide bonds. The number of ketones is 1. The Labute approximate surface area is 184 Å². The number of halogens is 4. The van der Waals surface area contributed by atoms with Crippen LogP contribution in [0.5, 0.6) is 0 Å². The number of rotatable bonds is 5.